The molecule has 3 aromatic rings. The van der Waals surface area contributed by atoms with Crippen molar-refractivity contribution in [1.82, 2.24) is 9.55 Å². The maximum Gasteiger partial charge on any atom is 0.331 e. The third kappa shape index (κ3) is 3.80. The van der Waals surface area contributed by atoms with E-state index >= 15 is 0 Å². The summed E-state index contributed by atoms with van der Waals surface area (Å²) in [6.07, 6.45) is 1.84. The van der Waals surface area contributed by atoms with Crippen molar-refractivity contribution in [2.24, 2.45) is 4.99 Å². The molecule has 1 heterocycles. The standard InChI is InChI=1S/C20H19N3O3/c1-14-7-5-6-10-17(14)21-13-16-18(24)22-20(26)23(19(16)25)12-11-15-8-3-2-4-9-15/h2-10,13,25H,11-12H2,1H3,(H,22,24,26). The number of hydrogen-bond acceptors (Lipinski definition) is 4. The first-order valence-corrected chi connectivity index (χ1v) is 8.26. The van der Waals surface area contributed by atoms with Gasteiger partial charge in [0.15, 0.2) is 0 Å². The van der Waals surface area contributed by atoms with Crippen LogP contribution >= 0.6 is 0 Å². The van der Waals surface area contributed by atoms with Gasteiger partial charge in [0.25, 0.3) is 5.56 Å². The summed E-state index contributed by atoms with van der Waals surface area (Å²) in [5.74, 6) is -0.382. The molecule has 1 aromatic heterocycles. The van der Waals surface area contributed by atoms with E-state index in [2.05, 4.69) is 9.98 Å². The van der Waals surface area contributed by atoms with Gasteiger partial charge < -0.3 is 5.11 Å². The van der Waals surface area contributed by atoms with Gasteiger partial charge in [0.05, 0.1) is 5.69 Å². The SMILES string of the molecule is Cc1ccccc1N=Cc1c(O)n(CCc2ccccc2)c(=O)[nH]c1=O. The largest absolute Gasteiger partial charge is 0.494 e. The lowest BCUT2D eigenvalue weighted by Crippen LogP contribution is -2.32. The summed E-state index contributed by atoms with van der Waals surface area (Å²) in [7, 11) is 0. The van der Waals surface area contributed by atoms with Crippen LogP contribution in [0.3, 0.4) is 0 Å². The average molecular weight is 349 g/mol. The molecule has 0 unspecified atom stereocenters. The van der Waals surface area contributed by atoms with Crippen LogP contribution < -0.4 is 11.2 Å². The Balaban J connectivity index is 1.93. The highest BCUT2D eigenvalue weighted by atomic mass is 16.3. The topological polar surface area (TPSA) is 87.4 Å². The molecule has 2 aromatic carbocycles. The summed E-state index contributed by atoms with van der Waals surface area (Å²) in [5.41, 5.74) is 1.31. The molecule has 26 heavy (non-hydrogen) atoms. The van der Waals surface area contributed by atoms with Gasteiger partial charge in [0.1, 0.15) is 5.56 Å². The molecule has 2 N–H and O–H groups in total. The number of aromatic nitrogens is 2. The smallest absolute Gasteiger partial charge is 0.331 e. The van der Waals surface area contributed by atoms with E-state index < -0.39 is 11.2 Å². The number of H-pyrrole nitrogens is 1. The number of aromatic amines is 1. The highest BCUT2D eigenvalue weighted by Crippen LogP contribution is 2.18. The zero-order valence-electron chi connectivity index (χ0n) is 14.3. The van der Waals surface area contributed by atoms with Crippen molar-refractivity contribution < 1.29 is 5.11 Å². The van der Waals surface area contributed by atoms with Crippen molar-refractivity contribution >= 4 is 11.9 Å². The van der Waals surface area contributed by atoms with Crippen LogP contribution in [0, 0.1) is 6.92 Å². The number of hydrogen-bond donors (Lipinski definition) is 2. The number of benzene rings is 2. The summed E-state index contributed by atoms with van der Waals surface area (Å²) in [5, 5.41) is 10.4. The van der Waals surface area contributed by atoms with Gasteiger partial charge in [-0.3, -0.25) is 19.3 Å². The highest BCUT2D eigenvalue weighted by molar-refractivity contribution is 5.84. The number of aromatic hydroxyl groups is 1. The van der Waals surface area contributed by atoms with Crippen molar-refractivity contribution in [2.45, 2.75) is 19.9 Å². The molecule has 0 spiro atoms. The number of nitrogens with zero attached hydrogens (tertiary/aromatic N) is 2. The van der Waals surface area contributed by atoms with Crippen molar-refractivity contribution in [3.8, 4) is 5.88 Å². The minimum atomic E-state index is -0.666. The molecule has 0 aliphatic heterocycles. The van der Waals surface area contributed by atoms with Crippen molar-refractivity contribution in [1.29, 1.82) is 0 Å². The number of aryl methyl sites for hydroxylation is 2. The molecule has 0 fully saturated rings. The van der Waals surface area contributed by atoms with Crippen LogP contribution in [-0.4, -0.2) is 20.9 Å². The predicted octanol–water partition coefficient (Wildman–Crippen LogP) is 2.54. The summed E-state index contributed by atoms with van der Waals surface area (Å²) < 4.78 is 1.15. The molecular weight excluding hydrogens is 330 g/mol. The second-order valence-electron chi connectivity index (χ2n) is 5.93. The lowest BCUT2D eigenvalue weighted by Gasteiger charge is -2.09. The van der Waals surface area contributed by atoms with Gasteiger partial charge in [-0.05, 0) is 30.5 Å². The predicted molar refractivity (Wildman–Crippen MR) is 102 cm³/mol. The van der Waals surface area contributed by atoms with Crippen molar-refractivity contribution in [2.75, 3.05) is 0 Å². The van der Waals surface area contributed by atoms with E-state index in [-0.39, 0.29) is 18.0 Å². The molecular formula is C20H19N3O3. The molecule has 0 saturated heterocycles. The van der Waals surface area contributed by atoms with Gasteiger partial charge in [-0.2, -0.15) is 0 Å². The van der Waals surface area contributed by atoms with Crippen molar-refractivity contribution in [3.05, 3.63) is 92.1 Å². The Morgan fingerprint density at radius 3 is 2.50 bits per heavy atom. The van der Waals surface area contributed by atoms with Crippen LogP contribution in [0.2, 0.25) is 0 Å². The van der Waals surface area contributed by atoms with E-state index in [1.54, 1.807) is 0 Å². The lowest BCUT2D eigenvalue weighted by atomic mass is 10.1. The third-order valence-electron chi connectivity index (χ3n) is 4.12. The van der Waals surface area contributed by atoms with Gasteiger partial charge in [-0.15, -0.1) is 0 Å². The van der Waals surface area contributed by atoms with E-state index in [1.165, 1.54) is 6.21 Å². The minimum absolute atomic E-state index is 0.0408. The molecule has 0 bridgehead atoms. The van der Waals surface area contributed by atoms with Crippen LogP contribution in [0.4, 0.5) is 5.69 Å². The van der Waals surface area contributed by atoms with Crippen LogP contribution in [0.25, 0.3) is 0 Å². The van der Waals surface area contributed by atoms with E-state index in [9.17, 15) is 14.7 Å². The second-order valence-corrected chi connectivity index (χ2v) is 5.93. The number of rotatable bonds is 5. The molecule has 0 amide bonds. The maximum absolute atomic E-state index is 12.1. The zero-order valence-corrected chi connectivity index (χ0v) is 14.3. The van der Waals surface area contributed by atoms with Gasteiger partial charge in [0, 0.05) is 12.8 Å². The molecule has 0 aliphatic rings. The summed E-state index contributed by atoms with van der Waals surface area (Å²) in [6.45, 7) is 2.15. The summed E-state index contributed by atoms with van der Waals surface area (Å²) >= 11 is 0. The van der Waals surface area contributed by atoms with Crippen LogP contribution in [0.1, 0.15) is 16.7 Å². The van der Waals surface area contributed by atoms with Gasteiger partial charge in [0.2, 0.25) is 5.88 Å². The monoisotopic (exact) mass is 349 g/mol. The Kier molecular flexibility index (Phi) is 5.12. The second kappa shape index (κ2) is 7.65. The first kappa shape index (κ1) is 17.4. The molecule has 6 nitrogen and oxygen atoms in total. The Morgan fingerprint density at radius 1 is 1.08 bits per heavy atom. The Bertz CT molecular complexity index is 1050. The van der Waals surface area contributed by atoms with Crippen LogP contribution in [0.15, 0.2) is 69.2 Å². The van der Waals surface area contributed by atoms with E-state index in [1.807, 2.05) is 61.5 Å². The first-order valence-electron chi connectivity index (χ1n) is 8.26. The number of nitrogens with one attached hydrogen (secondary N) is 1. The minimum Gasteiger partial charge on any atom is -0.494 e. The zero-order chi connectivity index (χ0) is 18.5. The number of para-hydroxylation sites is 1. The van der Waals surface area contributed by atoms with Gasteiger partial charge in [-0.1, -0.05) is 48.5 Å². The normalized spacial score (nSPS) is 11.1. The van der Waals surface area contributed by atoms with Gasteiger partial charge >= 0.3 is 5.69 Å². The highest BCUT2D eigenvalue weighted by Gasteiger charge is 2.12. The molecule has 0 atom stereocenters. The Hall–Kier alpha value is -3.41. The fraction of sp³-hybridized carbons (Fsp3) is 0.150. The molecule has 132 valence electrons. The van der Waals surface area contributed by atoms with Gasteiger partial charge in [-0.25, -0.2) is 4.79 Å². The van der Waals surface area contributed by atoms with Crippen molar-refractivity contribution in [3.63, 3.8) is 0 Å². The van der Waals surface area contributed by atoms with Crippen LogP contribution in [-0.2, 0) is 13.0 Å². The van der Waals surface area contributed by atoms with E-state index in [4.69, 9.17) is 0 Å². The molecule has 3 rings (SSSR count). The van der Waals surface area contributed by atoms with E-state index in [0.717, 1.165) is 15.7 Å². The quantitative estimate of drug-likeness (QED) is 0.694. The molecule has 0 saturated carbocycles. The fourth-order valence-electron chi connectivity index (χ4n) is 2.63. The third-order valence-corrected chi connectivity index (χ3v) is 4.12. The summed E-state index contributed by atoms with van der Waals surface area (Å²) in [6, 6.07) is 17.0. The fourth-order valence-corrected chi connectivity index (χ4v) is 2.63. The number of aliphatic imine (C=N–C) groups is 1. The lowest BCUT2D eigenvalue weighted by molar-refractivity contribution is 0.399. The van der Waals surface area contributed by atoms with Crippen LogP contribution in [0.5, 0.6) is 5.88 Å². The Morgan fingerprint density at radius 2 is 1.77 bits per heavy atom. The Labute approximate surface area is 150 Å². The molecule has 0 aliphatic carbocycles. The summed E-state index contributed by atoms with van der Waals surface area (Å²) in [4.78, 5) is 30.6. The van der Waals surface area contributed by atoms with E-state index in [0.29, 0.717) is 12.1 Å². The first-order chi connectivity index (χ1) is 12.6. The average Bonchev–Trinajstić information content (AvgIpc) is 2.63. The molecule has 0 radical (unpaired) electrons. The molecule has 6 heteroatoms. The maximum atomic E-state index is 12.1.